The van der Waals surface area contributed by atoms with Crippen molar-refractivity contribution in [3.8, 4) is 5.75 Å². The van der Waals surface area contributed by atoms with E-state index in [1.807, 2.05) is 41.3 Å². The van der Waals surface area contributed by atoms with Gasteiger partial charge in [-0.1, -0.05) is 54.6 Å². The van der Waals surface area contributed by atoms with Gasteiger partial charge in [0.1, 0.15) is 17.7 Å². The van der Waals surface area contributed by atoms with Gasteiger partial charge in [-0.05, 0) is 53.6 Å². The second-order valence-corrected chi connectivity index (χ2v) is 8.49. The predicted octanol–water partition coefficient (Wildman–Crippen LogP) is 5.93. The molecule has 0 radical (unpaired) electrons. The smallest absolute Gasteiger partial charge is 0.338 e. The van der Waals surface area contributed by atoms with Crippen molar-refractivity contribution in [1.29, 1.82) is 0 Å². The normalized spacial score (nSPS) is 16.1. The van der Waals surface area contributed by atoms with Crippen molar-refractivity contribution < 1.29 is 19.0 Å². The van der Waals surface area contributed by atoms with Crippen LogP contribution in [0.2, 0.25) is 0 Å². The molecule has 1 heterocycles. The number of carboxylic acids is 1. The van der Waals surface area contributed by atoms with E-state index in [1.165, 1.54) is 28.5 Å². The number of rotatable bonds is 6. The Hall–Kier alpha value is -3.90. The maximum absolute atomic E-state index is 14.0. The number of nitrogens with one attached hydrogen (secondary N) is 1. The molecule has 6 heteroatoms. The molecule has 1 unspecified atom stereocenters. The second kappa shape index (κ2) is 9.15. The van der Waals surface area contributed by atoms with Crippen molar-refractivity contribution >= 4 is 28.1 Å². The van der Waals surface area contributed by atoms with Gasteiger partial charge in [0.15, 0.2) is 0 Å². The lowest BCUT2D eigenvalue weighted by Gasteiger charge is -2.37. The number of benzene rings is 4. The largest absolute Gasteiger partial charge is 0.485 e. The molecule has 0 saturated carbocycles. The number of anilines is 2. The summed E-state index contributed by atoms with van der Waals surface area (Å²) in [6.07, 6.45) is -0.189. The maximum atomic E-state index is 14.0. The SMILES string of the molecule is C[C@@H](NCC1CN(c2ccc(F)c(C(=O)O)c2)c2ccccc2O1)c1cccc2ccccc12. The van der Waals surface area contributed by atoms with Crippen LogP contribution in [0.5, 0.6) is 5.75 Å². The first kappa shape index (κ1) is 21.9. The lowest BCUT2D eigenvalue weighted by molar-refractivity contribution is 0.0692. The lowest BCUT2D eigenvalue weighted by Crippen LogP contribution is -2.44. The minimum Gasteiger partial charge on any atom is -0.485 e. The van der Waals surface area contributed by atoms with E-state index in [-0.39, 0.29) is 17.7 Å². The molecule has 34 heavy (non-hydrogen) atoms. The minimum absolute atomic E-state index is 0.102. The first-order chi connectivity index (χ1) is 16.5. The third kappa shape index (κ3) is 4.20. The Morgan fingerprint density at radius 1 is 1.09 bits per heavy atom. The molecule has 0 saturated heterocycles. The van der Waals surface area contributed by atoms with Gasteiger partial charge in [0.05, 0.1) is 17.8 Å². The zero-order chi connectivity index (χ0) is 23.7. The van der Waals surface area contributed by atoms with Crippen LogP contribution in [-0.4, -0.2) is 30.3 Å². The van der Waals surface area contributed by atoms with Gasteiger partial charge < -0.3 is 20.1 Å². The fourth-order valence-electron chi connectivity index (χ4n) is 4.54. The van der Waals surface area contributed by atoms with Crippen LogP contribution < -0.4 is 15.0 Å². The Balaban J connectivity index is 1.39. The van der Waals surface area contributed by atoms with Gasteiger partial charge in [-0.15, -0.1) is 0 Å². The third-order valence-electron chi connectivity index (χ3n) is 6.27. The maximum Gasteiger partial charge on any atom is 0.338 e. The molecule has 0 aromatic heterocycles. The number of fused-ring (bicyclic) bond motifs is 2. The first-order valence-corrected chi connectivity index (χ1v) is 11.3. The van der Waals surface area contributed by atoms with E-state index in [0.717, 1.165) is 5.69 Å². The summed E-state index contributed by atoms with van der Waals surface area (Å²) in [6, 6.07) is 26.5. The number of para-hydroxylation sites is 2. The Labute approximate surface area is 197 Å². The highest BCUT2D eigenvalue weighted by Gasteiger charge is 2.28. The van der Waals surface area contributed by atoms with Crippen LogP contribution in [0.3, 0.4) is 0 Å². The monoisotopic (exact) mass is 456 g/mol. The van der Waals surface area contributed by atoms with Gasteiger partial charge in [0.2, 0.25) is 0 Å². The highest BCUT2D eigenvalue weighted by molar-refractivity contribution is 5.90. The van der Waals surface area contributed by atoms with Gasteiger partial charge in [0.25, 0.3) is 0 Å². The lowest BCUT2D eigenvalue weighted by atomic mass is 9.99. The molecule has 1 aliphatic rings. The number of nitrogens with zero attached hydrogens (tertiary/aromatic N) is 1. The number of halogens is 1. The molecule has 0 bridgehead atoms. The van der Waals surface area contributed by atoms with Gasteiger partial charge in [0, 0.05) is 18.3 Å². The van der Waals surface area contributed by atoms with Crippen molar-refractivity contribution in [3.63, 3.8) is 0 Å². The summed E-state index contributed by atoms with van der Waals surface area (Å²) in [7, 11) is 0. The number of hydrogen-bond donors (Lipinski definition) is 2. The van der Waals surface area contributed by atoms with Crippen LogP contribution in [0.1, 0.15) is 28.9 Å². The van der Waals surface area contributed by atoms with E-state index in [0.29, 0.717) is 24.5 Å². The molecule has 0 fully saturated rings. The second-order valence-electron chi connectivity index (χ2n) is 8.49. The van der Waals surface area contributed by atoms with Crippen molar-refractivity contribution in [2.45, 2.75) is 19.1 Å². The molecule has 5 nitrogen and oxygen atoms in total. The summed E-state index contributed by atoms with van der Waals surface area (Å²) in [5.74, 6) is -1.33. The Bertz CT molecular complexity index is 1350. The summed E-state index contributed by atoms with van der Waals surface area (Å²) < 4.78 is 20.3. The van der Waals surface area contributed by atoms with Crippen LogP contribution in [0.15, 0.2) is 84.9 Å². The molecule has 2 N–H and O–H groups in total. The van der Waals surface area contributed by atoms with Crippen molar-refractivity contribution in [2.24, 2.45) is 0 Å². The summed E-state index contributed by atoms with van der Waals surface area (Å²) in [6.45, 7) is 3.22. The third-order valence-corrected chi connectivity index (χ3v) is 6.27. The van der Waals surface area contributed by atoms with Gasteiger partial charge in [-0.3, -0.25) is 0 Å². The Morgan fingerprint density at radius 3 is 2.71 bits per heavy atom. The van der Waals surface area contributed by atoms with E-state index in [4.69, 9.17) is 4.74 Å². The van der Waals surface area contributed by atoms with Gasteiger partial charge in [-0.2, -0.15) is 0 Å². The van der Waals surface area contributed by atoms with Crippen LogP contribution in [0.4, 0.5) is 15.8 Å². The van der Waals surface area contributed by atoms with Crippen LogP contribution in [0, 0.1) is 5.82 Å². The zero-order valence-corrected chi connectivity index (χ0v) is 18.7. The molecule has 0 spiro atoms. The van der Waals surface area contributed by atoms with Crippen LogP contribution >= 0.6 is 0 Å². The zero-order valence-electron chi connectivity index (χ0n) is 18.7. The average molecular weight is 457 g/mol. The topological polar surface area (TPSA) is 61.8 Å². The van der Waals surface area contributed by atoms with Gasteiger partial charge in [-0.25, -0.2) is 9.18 Å². The first-order valence-electron chi connectivity index (χ1n) is 11.3. The minimum atomic E-state index is -1.29. The highest BCUT2D eigenvalue weighted by Crippen LogP contribution is 2.38. The number of aromatic carboxylic acids is 1. The number of hydrogen-bond acceptors (Lipinski definition) is 4. The number of ether oxygens (including phenoxy) is 1. The molecule has 1 aliphatic heterocycles. The van der Waals surface area contributed by atoms with E-state index in [9.17, 15) is 14.3 Å². The molecule has 4 aromatic rings. The standard InChI is InChI=1S/C28H25FN2O3/c1-18(22-10-6-8-19-7-2-3-9-23(19)22)30-16-21-17-31(26-11-4-5-12-27(26)34-21)20-13-14-25(29)24(15-20)28(32)33/h2-15,18,21,30H,16-17H2,1H3,(H,32,33)/t18-,21?/m1/s1. The summed E-state index contributed by atoms with van der Waals surface area (Å²) in [5, 5.41) is 15.4. The molecular weight excluding hydrogens is 431 g/mol. The van der Waals surface area contributed by atoms with E-state index in [1.54, 1.807) is 6.07 Å². The molecule has 0 aliphatic carbocycles. The predicted molar refractivity (Wildman–Crippen MR) is 132 cm³/mol. The van der Waals surface area contributed by atoms with E-state index >= 15 is 0 Å². The van der Waals surface area contributed by atoms with Gasteiger partial charge >= 0.3 is 5.97 Å². The highest BCUT2D eigenvalue weighted by atomic mass is 19.1. The van der Waals surface area contributed by atoms with E-state index in [2.05, 4.69) is 42.6 Å². The molecule has 2 atom stereocenters. The summed E-state index contributed by atoms with van der Waals surface area (Å²) >= 11 is 0. The number of carboxylic acid groups (broad SMARTS) is 1. The van der Waals surface area contributed by atoms with Crippen LogP contribution in [0.25, 0.3) is 10.8 Å². The van der Waals surface area contributed by atoms with Crippen molar-refractivity contribution in [2.75, 3.05) is 18.0 Å². The average Bonchev–Trinajstić information content (AvgIpc) is 2.86. The fourth-order valence-corrected chi connectivity index (χ4v) is 4.54. The van der Waals surface area contributed by atoms with Crippen molar-refractivity contribution in [1.82, 2.24) is 5.32 Å². The molecule has 0 amide bonds. The summed E-state index contributed by atoms with van der Waals surface area (Å²) in [4.78, 5) is 13.5. The molecule has 5 rings (SSSR count). The molecule has 172 valence electrons. The number of carbonyl (C=O) groups is 1. The molecule has 4 aromatic carbocycles. The Kier molecular flexibility index (Phi) is 5.90. The fraction of sp³-hybridized carbons (Fsp3) is 0.179. The van der Waals surface area contributed by atoms with Crippen molar-refractivity contribution in [3.05, 3.63) is 102 Å². The van der Waals surface area contributed by atoms with Crippen LogP contribution in [-0.2, 0) is 0 Å². The quantitative estimate of drug-likeness (QED) is 0.377. The summed E-state index contributed by atoms with van der Waals surface area (Å²) in [5.41, 5.74) is 2.31. The Morgan fingerprint density at radius 2 is 1.85 bits per heavy atom. The molecular formula is C28H25FN2O3. The van der Waals surface area contributed by atoms with E-state index < -0.39 is 11.8 Å².